The number of aromatic nitrogens is 1. The number of rotatable bonds is 7. The van der Waals surface area contributed by atoms with Gasteiger partial charge < -0.3 is 10.1 Å². The van der Waals surface area contributed by atoms with Crippen LogP contribution < -0.4 is 14.8 Å². The minimum atomic E-state index is -3.87. The van der Waals surface area contributed by atoms with Gasteiger partial charge in [-0.1, -0.05) is 6.07 Å². The minimum Gasteiger partial charge on any atom is -0.497 e. The Kier molecular flexibility index (Phi) is 6.26. The summed E-state index contributed by atoms with van der Waals surface area (Å²) in [6, 6.07) is 13.2. The Hall–Kier alpha value is -3.21. The summed E-state index contributed by atoms with van der Waals surface area (Å²) in [5, 5.41) is 9.09. The van der Waals surface area contributed by atoms with Gasteiger partial charge in [-0.05, 0) is 60.3 Å². The van der Waals surface area contributed by atoms with E-state index in [0.717, 1.165) is 10.6 Å². The van der Waals surface area contributed by atoms with Crippen LogP contribution in [-0.4, -0.2) is 26.4 Å². The van der Waals surface area contributed by atoms with Gasteiger partial charge in [-0.25, -0.2) is 13.4 Å². The van der Waals surface area contributed by atoms with E-state index in [4.69, 9.17) is 4.74 Å². The summed E-state index contributed by atoms with van der Waals surface area (Å²) in [5.74, 6) is 0.219. The number of methoxy groups -OCH3 is 1. The van der Waals surface area contributed by atoms with Gasteiger partial charge >= 0.3 is 0 Å². The van der Waals surface area contributed by atoms with Crippen molar-refractivity contribution >= 4 is 50.0 Å². The lowest BCUT2D eigenvalue weighted by molar-refractivity contribution is 0.102. The maximum absolute atomic E-state index is 13.0. The monoisotopic (exact) mass is 485 g/mol. The standard InChI is InChI=1S/C22H19N3O4S3/c1-14-3-4-17(23-21(26)19-13-31-22(24-19)15-9-10-30-12-15)11-20(14)32(27,28)25-16-5-7-18(29-2)8-6-16/h3-13,25H,1-2H3,(H,23,26). The zero-order valence-corrected chi connectivity index (χ0v) is 19.6. The molecule has 2 heterocycles. The number of thiazole rings is 1. The molecule has 4 rings (SSSR count). The van der Waals surface area contributed by atoms with Gasteiger partial charge in [0.15, 0.2) is 0 Å². The summed E-state index contributed by atoms with van der Waals surface area (Å²) in [6.07, 6.45) is 0. The van der Waals surface area contributed by atoms with Crippen molar-refractivity contribution in [2.24, 2.45) is 0 Å². The third kappa shape index (κ3) is 4.82. The van der Waals surface area contributed by atoms with Gasteiger partial charge in [0, 0.05) is 27.7 Å². The molecular formula is C22H19N3O4S3. The number of ether oxygens (including phenoxy) is 1. The molecule has 2 N–H and O–H groups in total. The van der Waals surface area contributed by atoms with Crippen molar-refractivity contribution in [3.8, 4) is 16.3 Å². The number of hydrogen-bond acceptors (Lipinski definition) is 7. The summed E-state index contributed by atoms with van der Waals surface area (Å²) in [4.78, 5) is 17.1. The van der Waals surface area contributed by atoms with Crippen molar-refractivity contribution < 1.29 is 17.9 Å². The van der Waals surface area contributed by atoms with Crippen molar-refractivity contribution in [1.29, 1.82) is 0 Å². The van der Waals surface area contributed by atoms with Gasteiger partial charge in [-0.2, -0.15) is 11.3 Å². The maximum atomic E-state index is 13.0. The van der Waals surface area contributed by atoms with Crippen LogP contribution in [-0.2, 0) is 10.0 Å². The molecule has 0 aliphatic heterocycles. The number of carbonyl (C=O) groups is 1. The van der Waals surface area contributed by atoms with Crippen LogP contribution in [0.2, 0.25) is 0 Å². The molecule has 2 aromatic heterocycles. The molecule has 164 valence electrons. The number of anilines is 2. The Morgan fingerprint density at radius 2 is 1.78 bits per heavy atom. The predicted octanol–water partition coefficient (Wildman–Crippen LogP) is 5.24. The fourth-order valence-electron chi connectivity index (χ4n) is 2.93. The average molecular weight is 486 g/mol. The second kappa shape index (κ2) is 9.11. The smallest absolute Gasteiger partial charge is 0.275 e. The number of nitrogens with one attached hydrogen (secondary N) is 2. The second-order valence-electron chi connectivity index (χ2n) is 6.82. The molecule has 32 heavy (non-hydrogen) atoms. The van der Waals surface area contributed by atoms with Gasteiger partial charge in [0.25, 0.3) is 15.9 Å². The Morgan fingerprint density at radius 1 is 1.03 bits per heavy atom. The molecule has 0 aliphatic carbocycles. The fraction of sp³-hybridized carbons (Fsp3) is 0.0909. The number of sulfonamides is 1. The van der Waals surface area contributed by atoms with Gasteiger partial charge in [0.1, 0.15) is 16.5 Å². The van der Waals surface area contributed by atoms with E-state index >= 15 is 0 Å². The lowest BCUT2D eigenvalue weighted by Crippen LogP contribution is -2.16. The summed E-state index contributed by atoms with van der Waals surface area (Å²) in [6.45, 7) is 1.70. The molecule has 0 unspecified atom stereocenters. The predicted molar refractivity (Wildman–Crippen MR) is 128 cm³/mol. The van der Waals surface area contributed by atoms with Crippen LogP contribution in [0.1, 0.15) is 16.1 Å². The summed E-state index contributed by atoms with van der Waals surface area (Å²) in [5.41, 5.74) is 2.56. The maximum Gasteiger partial charge on any atom is 0.275 e. The van der Waals surface area contributed by atoms with Crippen molar-refractivity contribution in [1.82, 2.24) is 4.98 Å². The van der Waals surface area contributed by atoms with E-state index in [1.54, 1.807) is 60.0 Å². The normalized spacial score (nSPS) is 11.2. The van der Waals surface area contributed by atoms with Crippen LogP contribution in [0.4, 0.5) is 11.4 Å². The quantitative estimate of drug-likeness (QED) is 0.373. The number of amides is 1. The molecule has 7 nitrogen and oxygen atoms in total. The molecule has 1 amide bonds. The molecule has 0 atom stereocenters. The zero-order chi connectivity index (χ0) is 22.7. The van der Waals surface area contributed by atoms with Crippen LogP contribution in [0, 0.1) is 6.92 Å². The highest BCUT2D eigenvalue weighted by atomic mass is 32.2. The van der Waals surface area contributed by atoms with Crippen LogP contribution in [0.5, 0.6) is 5.75 Å². The SMILES string of the molecule is COc1ccc(NS(=O)(=O)c2cc(NC(=O)c3csc(-c4ccsc4)n3)ccc2C)cc1. The van der Waals surface area contributed by atoms with Crippen molar-refractivity contribution in [2.45, 2.75) is 11.8 Å². The lowest BCUT2D eigenvalue weighted by Gasteiger charge is -2.13. The summed E-state index contributed by atoms with van der Waals surface area (Å²) >= 11 is 2.94. The van der Waals surface area contributed by atoms with E-state index < -0.39 is 15.9 Å². The van der Waals surface area contributed by atoms with Gasteiger partial charge in [0.05, 0.1) is 12.0 Å². The Labute approximate surface area is 193 Å². The highest BCUT2D eigenvalue weighted by Gasteiger charge is 2.19. The highest BCUT2D eigenvalue weighted by molar-refractivity contribution is 7.92. The van der Waals surface area contributed by atoms with Gasteiger partial charge in [0.2, 0.25) is 0 Å². The third-order valence-electron chi connectivity index (χ3n) is 4.58. The largest absolute Gasteiger partial charge is 0.497 e. The molecule has 0 saturated carbocycles. The van der Waals surface area contributed by atoms with Crippen molar-refractivity contribution in [3.63, 3.8) is 0 Å². The average Bonchev–Trinajstić information content (AvgIpc) is 3.47. The molecule has 0 bridgehead atoms. The first kappa shape index (κ1) is 22.0. The number of carbonyl (C=O) groups excluding carboxylic acids is 1. The second-order valence-corrected chi connectivity index (χ2v) is 10.1. The molecule has 4 aromatic rings. The first-order valence-corrected chi connectivity index (χ1v) is 12.7. The van der Waals surface area contributed by atoms with E-state index in [1.807, 2.05) is 16.8 Å². The van der Waals surface area contributed by atoms with E-state index in [0.29, 0.717) is 22.7 Å². The van der Waals surface area contributed by atoms with Gasteiger partial charge in [-0.3, -0.25) is 9.52 Å². The van der Waals surface area contributed by atoms with Crippen LogP contribution in [0.25, 0.3) is 10.6 Å². The first-order valence-electron chi connectivity index (χ1n) is 9.43. The molecular weight excluding hydrogens is 466 g/mol. The number of aryl methyl sites for hydroxylation is 1. The molecule has 2 aromatic carbocycles. The highest BCUT2D eigenvalue weighted by Crippen LogP contribution is 2.27. The van der Waals surface area contributed by atoms with Gasteiger partial charge in [-0.15, -0.1) is 11.3 Å². The summed E-state index contributed by atoms with van der Waals surface area (Å²) < 4.78 is 33.6. The molecule has 0 radical (unpaired) electrons. The number of nitrogens with zero attached hydrogens (tertiary/aromatic N) is 1. The molecule has 0 aliphatic rings. The number of hydrogen-bond donors (Lipinski definition) is 2. The molecule has 10 heteroatoms. The fourth-order valence-corrected chi connectivity index (χ4v) is 5.77. The Morgan fingerprint density at radius 3 is 2.47 bits per heavy atom. The molecule has 0 spiro atoms. The molecule has 0 fully saturated rings. The minimum absolute atomic E-state index is 0.0726. The lowest BCUT2D eigenvalue weighted by atomic mass is 10.2. The van der Waals surface area contributed by atoms with E-state index in [9.17, 15) is 13.2 Å². The van der Waals surface area contributed by atoms with E-state index in [1.165, 1.54) is 24.5 Å². The Balaban J connectivity index is 1.53. The van der Waals surface area contributed by atoms with Crippen molar-refractivity contribution in [3.05, 3.63) is 75.9 Å². The Bertz CT molecular complexity index is 1350. The first-order chi connectivity index (χ1) is 15.4. The number of thiophene rings is 1. The number of benzene rings is 2. The van der Waals surface area contributed by atoms with Crippen LogP contribution >= 0.6 is 22.7 Å². The topological polar surface area (TPSA) is 97.4 Å². The summed E-state index contributed by atoms with van der Waals surface area (Å²) in [7, 11) is -2.33. The zero-order valence-electron chi connectivity index (χ0n) is 17.2. The third-order valence-corrected chi connectivity index (χ3v) is 7.68. The van der Waals surface area contributed by atoms with E-state index in [2.05, 4.69) is 15.0 Å². The van der Waals surface area contributed by atoms with Crippen LogP contribution in [0.15, 0.2) is 69.6 Å². The van der Waals surface area contributed by atoms with Crippen molar-refractivity contribution in [2.75, 3.05) is 17.1 Å². The molecule has 0 saturated heterocycles. The van der Waals surface area contributed by atoms with Crippen LogP contribution in [0.3, 0.4) is 0 Å². The van der Waals surface area contributed by atoms with E-state index in [-0.39, 0.29) is 10.6 Å².